The van der Waals surface area contributed by atoms with Gasteiger partial charge in [-0.25, -0.2) is 9.89 Å². The molecular weight excluding hydrogens is 234 g/mol. The van der Waals surface area contributed by atoms with Gasteiger partial charge in [0.1, 0.15) is 5.56 Å². The summed E-state index contributed by atoms with van der Waals surface area (Å²) in [5.74, 6) is 0.545. The topological polar surface area (TPSA) is 76.2 Å². The number of hydrogen-bond donors (Lipinski definition) is 2. The van der Waals surface area contributed by atoms with Crippen molar-refractivity contribution in [1.29, 1.82) is 0 Å². The standard InChI is InChI=1S/C12H19N3O3/c1-2-17-12(16)10-7-14-15-11(10)18-8-9-3-5-13-6-4-9/h7,9,13H,2-6,8H2,1H3,(H,14,15). The molecule has 6 nitrogen and oxygen atoms in total. The van der Waals surface area contributed by atoms with Crippen molar-refractivity contribution in [2.75, 3.05) is 26.3 Å². The predicted molar refractivity (Wildman–Crippen MR) is 65.6 cm³/mol. The molecule has 0 bridgehead atoms. The summed E-state index contributed by atoms with van der Waals surface area (Å²) in [6.45, 7) is 4.78. The Morgan fingerprint density at radius 1 is 1.50 bits per heavy atom. The van der Waals surface area contributed by atoms with Crippen molar-refractivity contribution in [3.63, 3.8) is 0 Å². The second kappa shape index (κ2) is 6.39. The molecule has 0 saturated carbocycles. The van der Waals surface area contributed by atoms with Gasteiger partial charge in [-0.15, -0.1) is 0 Å². The van der Waals surface area contributed by atoms with Crippen molar-refractivity contribution >= 4 is 5.97 Å². The lowest BCUT2D eigenvalue weighted by atomic mass is 9.99. The summed E-state index contributed by atoms with van der Waals surface area (Å²) in [4.78, 5) is 11.6. The number of aromatic nitrogens is 2. The maximum atomic E-state index is 11.6. The first kappa shape index (κ1) is 12.9. The highest BCUT2D eigenvalue weighted by atomic mass is 16.5. The molecule has 1 aliphatic rings. The Labute approximate surface area is 106 Å². The molecular formula is C12H19N3O3. The number of carbonyl (C=O) groups is 1. The molecule has 0 radical (unpaired) electrons. The monoisotopic (exact) mass is 253 g/mol. The molecule has 1 saturated heterocycles. The van der Waals surface area contributed by atoms with Gasteiger partial charge in [-0.1, -0.05) is 0 Å². The van der Waals surface area contributed by atoms with E-state index in [9.17, 15) is 4.79 Å². The van der Waals surface area contributed by atoms with Crippen molar-refractivity contribution in [2.45, 2.75) is 19.8 Å². The van der Waals surface area contributed by atoms with Crippen molar-refractivity contribution in [2.24, 2.45) is 5.92 Å². The Hall–Kier alpha value is -1.56. The lowest BCUT2D eigenvalue weighted by molar-refractivity contribution is 0.0520. The van der Waals surface area contributed by atoms with Crippen LogP contribution in [0.4, 0.5) is 0 Å². The molecule has 2 rings (SSSR count). The van der Waals surface area contributed by atoms with Gasteiger partial charge in [-0.3, -0.25) is 0 Å². The molecule has 1 aromatic heterocycles. The fraction of sp³-hybridized carbons (Fsp3) is 0.667. The maximum Gasteiger partial charge on any atom is 0.345 e. The summed E-state index contributed by atoms with van der Waals surface area (Å²) >= 11 is 0. The summed E-state index contributed by atoms with van der Waals surface area (Å²) in [6.07, 6.45) is 3.64. The van der Waals surface area contributed by atoms with Crippen molar-refractivity contribution in [3.05, 3.63) is 11.8 Å². The van der Waals surface area contributed by atoms with Gasteiger partial charge in [-0.2, -0.15) is 5.10 Å². The van der Waals surface area contributed by atoms with E-state index in [0.29, 0.717) is 30.6 Å². The second-order valence-electron chi connectivity index (χ2n) is 4.34. The quantitative estimate of drug-likeness (QED) is 0.764. The van der Waals surface area contributed by atoms with Crippen molar-refractivity contribution in [1.82, 2.24) is 15.5 Å². The summed E-state index contributed by atoms with van der Waals surface area (Å²) in [7, 11) is 0. The van der Waals surface area contributed by atoms with Crippen molar-refractivity contribution in [3.8, 4) is 5.88 Å². The lowest BCUT2D eigenvalue weighted by Crippen LogP contribution is -2.30. The van der Waals surface area contributed by atoms with E-state index in [1.807, 2.05) is 0 Å². The van der Waals surface area contributed by atoms with Gasteiger partial charge in [0.25, 0.3) is 0 Å². The van der Waals surface area contributed by atoms with Gasteiger partial charge in [0.05, 0.1) is 19.4 Å². The highest BCUT2D eigenvalue weighted by Crippen LogP contribution is 2.18. The van der Waals surface area contributed by atoms with Crippen LogP contribution < -0.4 is 10.1 Å². The zero-order valence-electron chi connectivity index (χ0n) is 10.6. The van der Waals surface area contributed by atoms with E-state index < -0.39 is 5.97 Å². The summed E-state index contributed by atoms with van der Waals surface area (Å²) in [6, 6.07) is 0. The second-order valence-corrected chi connectivity index (χ2v) is 4.34. The van der Waals surface area contributed by atoms with Crippen LogP contribution >= 0.6 is 0 Å². The average molecular weight is 253 g/mol. The third-order valence-corrected chi connectivity index (χ3v) is 3.02. The molecule has 100 valence electrons. The summed E-state index contributed by atoms with van der Waals surface area (Å²) in [5, 5.41) is 9.83. The number of H-pyrrole nitrogens is 1. The first-order chi connectivity index (χ1) is 8.81. The predicted octanol–water partition coefficient (Wildman–Crippen LogP) is 0.965. The Kier molecular flexibility index (Phi) is 4.58. The molecule has 0 aromatic carbocycles. The number of nitrogens with one attached hydrogen (secondary N) is 2. The highest BCUT2D eigenvalue weighted by Gasteiger charge is 2.19. The first-order valence-electron chi connectivity index (χ1n) is 6.35. The van der Waals surface area contributed by atoms with Crippen LogP contribution in [-0.4, -0.2) is 42.5 Å². The third kappa shape index (κ3) is 3.22. The van der Waals surface area contributed by atoms with E-state index in [0.717, 1.165) is 25.9 Å². The number of hydrogen-bond acceptors (Lipinski definition) is 5. The van der Waals surface area contributed by atoms with Crippen molar-refractivity contribution < 1.29 is 14.3 Å². The first-order valence-corrected chi connectivity index (χ1v) is 6.35. The van der Waals surface area contributed by atoms with Crippen LogP contribution in [0.3, 0.4) is 0 Å². The average Bonchev–Trinajstić information content (AvgIpc) is 2.86. The number of rotatable bonds is 5. The van der Waals surface area contributed by atoms with Crippen LogP contribution in [0.5, 0.6) is 5.88 Å². The molecule has 1 aromatic rings. The van der Waals surface area contributed by atoms with E-state index in [1.54, 1.807) is 6.92 Å². The van der Waals surface area contributed by atoms with Crippen LogP contribution in [0.15, 0.2) is 6.20 Å². The highest BCUT2D eigenvalue weighted by molar-refractivity contribution is 5.91. The Bertz CT molecular complexity index is 386. The minimum Gasteiger partial charge on any atom is -0.477 e. The minimum absolute atomic E-state index is 0.345. The van der Waals surface area contributed by atoms with Crippen LogP contribution in [0.2, 0.25) is 0 Å². The molecule has 18 heavy (non-hydrogen) atoms. The summed E-state index contributed by atoms with van der Waals surface area (Å²) < 4.78 is 10.6. The molecule has 0 aliphatic carbocycles. The number of carbonyl (C=O) groups excluding carboxylic acids is 1. The van der Waals surface area contributed by atoms with Gasteiger partial charge in [0.15, 0.2) is 0 Å². The van der Waals surface area contributed by atoms with E-state index in [4.69, 9.17) is 9.47 Å². The van der Waals surface area contributed by atoms with Crippen LogP contribution in [0.25, 0.3) is 0 Å². The number of piperidine rings is 1. The number of aromatic amines is 1. The Balaban J connectivity index is 1.88. The molecule has 1 fully saturated rings. The number of esters is 1. The largest absolute Gasteiger partial charge is 0.477 e. The molecule has 2 heterocycles. The molecule has 2 N–H and O–H groups in total. The van der Waals surface area contributed by atoms with Gasteiger partial charge < -0.3 is 14.8 Å². The van der Waals surface area contributed by atoms with Crippen LogP contribution in [0.1, 0.15) is 30.1 Å². The van der Waals surface area contributed by atoms with E-state index >= 15 is 0 Å². The molecule has 6 heteroatoms. The Morgan fingerprint density at radius 2 is 2.28 bits per heavy atom. The van der Waals surface area contributed by atoms with Crippen LogP contribution in [-0.2, 0) is 4.74 Å². The zero-order chi connectivity index (χ0) is 12.8. The van der Waals surface area contributed by atoms with Gasteiger partial charge >= 0.3 is 5.97 Å². The van der Waals surface area contributed by atoms with E-state index in [1.165, 1.54) is 6.20 Å². The molecule has 0 atom stereocenters. The lowest BCUT2D eigenvalue weighted by Gasteiger charge is -2.22. The van der Waals surface area contributed by atoms with Gasteiger partial charge in [0, 0.05) is 0 Å². The van der Waals surface area contributed by atoms with Crippen LogP contribution in [0, 0.1) is 5.92 Å². The van der Waals surface area contributed by atoms with Gasteiger partial charge in [0.2, 0.25) is 5.88 Å². The number of ether oxygens (including phenoxy) is 2. The molecule has 0 unspecified atom stereocenters. The number of nitrogens with zero attached hydrogens (tertiary/aromatic N) is 1. The normalized spacial score (nSPS) is 16.5. The smallest absolute Gasteiger partial charge is 0.345 e. The maximum absolute atomic E-state index is 11.6. The third-order valence-electron chi connectivity index (χ3n) is 3.02. The zero-order valence-corrected chi connectivity index (χ0v) is 10.6. The minimum atomic E-state index is -0.397. The molecule has 1 aliphatic heterocycles. The van der Waals surface area contributed by atoms with E-state index in [2.05, 4.69) is 15.5 Å². The SMILES string of the molecule is CCOC(=O)c1cn[nH]c1OCC1CCNCC1. The Morgan fingerprint density at radius 3 is 3.00 bits per heavy atom. The summed E-state index contributed by atoms with van der Waals surface area (Å²) in [5.41, 5.74) is 0.366. The molecule has 0 spiro atoms. The van der Waals surface area contributed by atoms with Gasteiger partial charge in [-0.05, 0) is 38.8 Å². The molecule has 0 amide bonds. The van der Waals surface area contributed by atoms with E-state index in [-0.39, 0.29) is 0 Å². The fourth-order valence-corrected chi connectivity index (χ4v) is 1.99. The fourth-order valence-electron chi connectivity index (χ4n) is 1.99.